The Kier molecular flexibility index (Phi) is 11.1. The zero-order valence-corrected chi connectivity index (χ0v) is 16.1. The van der Waals surface area contributed by atoms with Gasteiger partial charge in [0.2, 0.25) is 11.8 Å². The first kappa shape index (κ1) is 26.8. The lowest BCUT2D eigenvalue weighted by Gasteiger charge is -2.35. The number of halogens is 3. The van der Waals surface area contributed by atoms with Gasteiger partial charge in [0.25, 0.3) is 5.96 Å². The Morgan fingerprint density at radius 2 is 1.70 bits per heavy atom. The number of nitrogens with zero attached hydrogens (tertiary/aromatic N) is 4. The molecule has 1 aliphatic rings. The molecule has 1 saturated heterocycles. The molecule has 1 rings (SSSR count). The van der Waals surface area contributed by atoms with Crippen LogP contribution < -0.4 is 16.9 Å². The summed E-state index contributed by atoms with van der Waals surface area (Å²) in [6.45, 7) is 3.73. The summed E-state index contributed by atoms with van der Waals surface area (Å²) in [5.41, 5.74) is 12.9. The van der Waals surface area contributed by atoms with Crippen LogP contribution in [-0.4, -0.2) is 88.6 Å². The second kappa shape index (κ2) is 12.4. The number of carbonyl (C=O) groups is 3. The molecule has 0 aromatic carbocycles. The predicted octanol–water partition coefficient (Wildman–Crippen LogP) is -1.49. The molecule has 0 saturated carbocycles. The lowest BCUT2D eigenvalue weighted by Crippen LogP contribution is -2.54. The summed E-state index contributed by atoms with van der Waals surface area (Å²) in [7, 11) is 0. The van der Waals surface area contributed by atoms with Crippen molar-refractivity contribution in [2.45, 2.75) is 32.0 Å². The van der Waals surface area contributed by atoms with E-state index in [1.807, 2.05) is 0 Å². The Morgan fingerprint density at radius 1 is 1.23 bits per heavy atom. The Hall–Kier alpha value is -3.17. The van der Waals surface area contributed by atoms with Gasteiger partial charge >= 0.3 is 12.1 Å². The van der Waals surface area contributed by atoms with E-state index in [1.165, 1.54) is 6.92 Å². The van der Waals surface area contributed by atoms with Gasteiger partial charge in [-0.15, -0.1) is 0 Å². The maximum Gasteiger partial charge on any atom is 0.490 e. The van der Waals surface area contributed by atoms with E-state index in [-0.39, 0.29) is 24.3 Å². The van der Waals surface area contributed by atoms with Crippen LogP contribution in [0, 0.1) is 10.1 Å². The molecule has 1 aliphatic heterocycles. The third-order valence-corrected chi connectivity index (χ3v) is 3.76. The van der Waals surface area contributed by atoms with E-state index in [0.717, 1.165) is 0 Å². The highest BCUT2D eigenvalue weighted by Gasteiger charge is 2.38. The Balaban J connectivity index is 0.00000103. The first-order chi connectivity index (χ1) is 13.8. The van der Waals surface area contributed by atoms with Crippen molar-refractivity contribution in [2.24, 2.45) is 16.5 Å². The molecular weight excluding hydrogens is 419 g/mol. The van der Waals surface area contributed by atoms with E-state index < -0.39 is 23.2 Å². The third kappa shape index (κ3) is 11.0. The molecule has 0 aliphatic carbocycles. The molecule has 172 valence electrons. The molecule has 1 heterocycles. The topological polar surface area (TPSA) is 197 Å². The fourth-order valence-corrected chi connectivity index (χ4v) is 2.24. The van der Waals surface area contributed by atoms with Crippen LogP contribution in [0.1, 0.15) is 19.8 Å². The van der Waals surface area contributed by atoms with Crippen molar-refractivity contribution in [3.8, 4) is 0 Å². The highest BCUT2D eigenvalue weighted by atomic mass is 19.4. The van der Waals surface area contributed by atoms with E-state index in [0.29, 0.717) is 39.0 Å². The van der Waals surface area contributed by atoms with E-state index in [1.54, 1.807) is 15.2 Å². The third-order valence-electron chi connectivity index (χ3n) is 3.76. The van der Waals surface area contributed by atoms with Crippen LogP contribution in [0.3, 0.4) is 0 Å². The molecule has 6 N–H and O–H groups in total. The molecule has 0 spiro atoms. The Bertz CT molecular complexity index is 650. The van der Waals surface area contributed by atoms with E-state index in [4.69, 9.17) is 21.4 Å². The van der Waals surface area contributed by atoms with Gasteiger partial charge in [-0.1, -0.05) is 5.43 Å². The lowest BCUT2D eigenvalue weighted by molar-refractivity contribution is -0.525. The average Bonchev–Trinajstić information content (AvgIpc) is 2.63. The van der Waals surface area contributed by atoms with Crippen molar-refractivity contribution in [3.05, 3.63) is 10.1 Å². The highest BCUT2D eigenvalue weighted by molar-refractivity contribution is 5.82. The zero-order valence-electron chi connectivity index (χ0n) is 16.1. The number of hydrogen-bond acceptors (Lipinski definition) is 7. The predicted molar refractivity (Wildman–Crippen MR) is 96.4 cm³/mol. The number of amides is 2. The summed E-state index contributed by atoms with van der Waals surface area (Å²) < 4.78 is 31.7. The van der Waals surface area contributed by atoms with Gasteiger partial charge in [-0.25, -0.2) is 19.9 Å². The number of carboxylic acids is 1. The number of hydrazine groups is 1. The van der Waals surface area contributed by atoms with Crippen molar-refractivity contribution < 1.29 is 37.7 Å². The molecule has 1 fully saturated rings. The number of carbonyl (C=O) groups excluding carboxylic acids is 2. The highest BCUT2D eigenvalue weighted by Crippen LogP contribution is 2.13. The van der Waals surface area contributed by atoms with Crippen molar-refractivity contribution in [1.29, 1.82) is 0 Å². The van der Waals surface area contributed by atoms with Crippen LogP contribution in [0.25, 0.3) is 0 Å². The van der Waals surface area contributed by atoms with Gasteiger partial charge in [-0.2, -0.15) is 13.2 Å². The van der Waals surface area contributed by atoms with Gasteiger partial charge < -0.3 is 26.4 Å². The smallest absolute Gasteiger partial charge is 0.475 e. The number of aliphatic carboxylic acids is 1. The Morgan fingerprint density at radius 3 is 2.10 bits per heavy atom. The van der Waals surface area contributed by atoms with E-state index in [9.17, 15) is 32.9 Å². The van der Waals surface area contributed by atoms with Gasteiger partial charge in [0.1, 0.15) is 0 Å². The molecule has 16 heteroatoms. The molecular formula is C14H24F3N7O6. The maximum absolute atomic E-state index is 12.2. The van der Waals surface area contributed by atoms with Gasteiger partial charge in [-0.05, 0) is 12.8 Å². The normalized spacial score (nSPS) is 15.6. The second-order valence-corrected chi connectivity index (χ2v) is 6.02. The average molecular weight is 443 g/mol. The molecule has 0 radical (unpaired) electrons. The van der Waals surface area contributed by atoms with Gasteiger partial charge in [-0.3, -0.25) is 9.59 Å². The number of nitrogens with one attached hydrogen (secondary N) is 1. The van der Waals surface area contributed by atoms with Crippen LogP contribution in [0.5, 0.6) is 0 Å². The maximum atomic E-state index is 12.2. The zero-order chi connectivity index (χ0) is 23.5. The number of piperazine rings is 1. The molecule has 0 aromatic rings. The molecule has 0 unspecified atom stereocenters. The van der Waals surface area contributed by atoms with Crippen LogP contribution in [0.15, 0.2) is 4.99 Å². The molecule has 0 bridgehead atoms. The van der Waals surface area contributed by atoms with E-state index >= 15 is 0 Å². The molecule has 2 amide bonds. The first-order valence-corrected chi connectivity index (χ1v) is 8.56. The van der Waals surface area contributed by atoms with Crippen LogP contribution in [0.4, 0.5) is 13.2 Å². The Labute approximate surface area is 169 Å². The minimum atomic E-state index is -5.08. The number of aliphatic imine (C=N–C) groups is 1. The SMILES string of the molecule is CC(=O)N1CCN(C(=O)[C@@H](N)CCCN=C(N)N[N+](=O)[O-])CC1.O=C(O)C(F)(F)F. The number of nitro groups is 1. The first-order valence-electron chi connectivity index (χ1n) is 8.56. The second-order valence-electron chi connectivity index (χ2n) is 6.02. The standard InChI is InChI=1S/C12H23N7O4.C2HF3O2/c1-9(20)17-5-7-18(8-6-17)11(21)10(13)3-2-4-15-12(14)16-19(22)23;3-2(4,5)1(6)7/h10H,2-8,13H2,1H3,(H3,14,15,16);(H,6,7)/t10-;/m0./s1. The van der Waals surface area contributed by atoms with Crippen LogP contribution >= 0.6 is 0 Å². The van der Waals surface area contributed by atoms with Crippen LogP contribution in [-0.2, 0) is 14.4 Å². The summed E-state index contributed by atoms with van der Waals surface area (Å²) in [5.74, 6) is -3.20. The van der Waals surface area contributed by atoms with Crippen molar-refractivity contribution in [2.75, 3.05) is 32.7 Å². The van der Waals surface area contributed by atoms with Crippen LogP contribution in [0.2, 0.25) is 0 Å². The number of nitrogens with two attached hydrogens (primary N) is 2. The largest absolute Gasteiger partial charge is 0.490 e. The van der Waals surface area contributed by atoms with Gasteiger partial charge in [0.05, 0.1) is 6.04 Å². The van der Waals surface area contributed by atoms with Gasteiger partial charge in [0.15, 0.2) is 5.03 Å². The summed E-state index contributed by atoms with van der Waals surface area (Å²) in [6.07, 6.45) is -4.19. The minimum Gasteiger partial charge on any atom is -0.475 e. The summed E-state index contributed by atoms with van der Waals surface area (Å²) in [4.78, 5) is 49.5. The number of carboxylic acid groups (broad SMARTS) is 1. The van der Waals surface area contributed by atoms with Gasteiger partial charge in [0, 0.05) is 39.6 Å². The summed E-state index contributed by atoms with van der Waals surface area (Å²) in [5, 5.41) is 16.4. The van der Waals surface area contributed by atoms with Crippen molar-refractivity contribution >= 4 is 23.7 Å². The summed E-state index contributed by atoms with van der Waals surface area (Å²) in [6, 6.07) is -0.654. The lowest BCUT2D eigenvalue weighted by atomic mass is 10.1. The van der Waals surface area contributed by atoms with E-state index in [2.05, 4.69) is 4.99 Å². The minimum absolute atomic E-state index is 0.000168. The van der Waals surface area contributed by atoms with Crippen molar-refractivity contribution in [1.82, 2.24) is 15.2 Å². The van der Waals surface area contributed by atoms with Crippen molar-refractivity contribution in [3.63, 3.8) is 0 Å². The number of rotatable bonds is 6. The number of guanidine groups is 1. The molecule has 0 aromatic heterocycles. The molecule has 1 atom stereocenters. The molecule has 30 heavy (non-hydrogen) atoms. The fraction of sp³-hybridized carbons (Fsp3) is 0.714. The summed E-state index contributed by atoms with van der Waals surface area (Å²) >= 11 is 0. The quantitative estimate of drug-likeness (QED) is 0.124. The monoisotopic (exact) mass is 443 g/mol. The fourth-order valence-electron chi connectivity index (χ4n) is 2.24. The number of alkyl halides is 3. The number of hydrogen-bond donors (Lipinski definition) is 4. The molecule has 13 nitrogen and oxygen atoms in total.